The highest BCUT2D eigenvalue weighted by Crippen LogP contribution is 2.57. The molecule has 3 aromatic rings. The molecule has 5 rings (SSSR count). The highest BCUT2D eigenvalue weighted by molar-refractivity contribution is 6.06. The van der Waals surface area contributed by atoms with Gasteiger partial charge in [0.05, 0.1) is 5.69 Å². The van der Waals surface area contributed by atoms with Gasteiger partial charge in [-0.05, 0) is 58.8 Å². The van der Waals surface area contributed by atoms with E-state index in [2.05, 4.69) is 89.2 Å². The van der Waals surface area contributed by atoms with Gasteiger partial charge in [0.2, 0.25) is 0 Å². The van der Waals surface area contributed by atoms with Crippen molar-refractivity contribution in [2.24, 2.45) is 11.3 Å². The van der Waals surface area contributed by atoms with Crippen molar-refractivity contribution in [2.45, 2.75) is 59.3 Å². The van der Waals surface area contributed by atoms with Crippen molar-refractivity contribution in [3.63, 3.8) is 0 Å². The Kier molecular flexibility index (Phi) is 5.59. The third-order valence-electron chi connectivity index (χ3n) is 8.23. The van der Waals surface area contributed by atoms with Gasteiger partial charge in [-0.2, -0.15) is 0 Å². The molecule has 2 heteroatoms. The number of benzene rings is 2. The second-order valence-electron chi connectivity index (χ2n) is 10.5. The second-order valence-corrected chi connectivity index (χ2v) is 10.5. The zero-order chi connectivity index (χ0) is 24.1. The molecule has 2 atom stereocenters. The van der Waals surface area contributed by atoms with Gasteiger partial charge < -0.3 is 0 Å². The van der Waals surface area contributed by atoms with Gasteiger partial charge in [-0.1, -0.05) is 95.3 Å². The minimum Gasteiger partial charge on any atom is -0.255 e. The number of nitrogens with zero attached hydrogens (tertiary/aromatic N) is 1. The molecule has 0 fully saturated rings. The molecule has 0 spiro atoms. The highest BCUT2D eigenvalue weighted by Gasteiger charge is 2.46. The Bertz CT molecular complexity index is 1340. The molecular weight excluding hydrogens is 417 g/mol. The zero-order valence-electron chi connectivity index (χ0n) is 21.0. The number of hydrogen-bond acceptors (Lipinski definition) is 1. The van der Waals surface area contributed by atoms with E-state index in [1.54, 1.807) is 0 Å². The van der Waals surface area contributed by atoms with Gasteiger partial charge in [0, 0.05) is 28.1 Å². The number of halogens is 1. The summed E-state index contributed by atoms with van der Waals surface area (Å²) in [5.41, 5.74) is 5.85. The molecule has 174 valence electrons. The van der Waals surface area contributed by atoms with Crippen molar-refractivity contribution in [1.29, 1.82) is 0 Å². The molecule has 0 saturated heterocycles. The van der Waals surface area contributed by atoms with Crippen LogP contribution in [-0.4, -0.2) is 4.98 Å². The molecule has 1 heterocycles. The zero-order valence-corrected chi connectivity index (χ0v) is 21.0. The van der Waals surface area contributed by atoms with Crippen LogP contribution in [0.25, 0.3) is 27.5 Å². The van der Waals surface area contributed by atoms with Crippen molar-refractivity contribution in [3.8, 4) is 11.1 Å². The normalized spacial score (nSPS) is 20.9. The van der Waals surface area contributed by atoms with E-state index < -0.39 is 5.41 Å². The monoisotopic (exact) mass is 451 g/mol. The Morgan fingerprint density at radius 3 is 2.56 bits per heavy atom. The summed E-state index contributed by atoms with van der Waals surface area (Å²) in [6.07, 6.45) is 11.1. The topological polar surface area (TPSA) is 12.9 Å². The SMILES string of the molecule is CCC=CC(C)(CC)C1CC=C(F)C2=C1c1ncc(-c3ccccc3)c3cccc(c13)C2(C)C. The third kappa shape index (κ3) is 3.30. The molecule has 1 aromatic heterocycles. The summed E-state index contributed by atoms with van der Waals surface area (Å²) in [6, 6.07) is 16.9. The van der Waals surface area contributed by atoms with E-state index in [9.17, 15) is 0 Å². The van der Waals surface area contributed by atoms with Crippen LogP contribution < -0.4 is 0 Å². The van der Waals surface area contributed by atoms with E-state index >= 15 is 4.39 Å². The average molecular weight is 452 g/mol. The van der Waals surface area contributed by atoms with Crippen LogP contribution in [0.2, 0.25) is 0 Å². The molecule has 2 unspecified atom stereocenters. The van der Waals surface area contributed by atoms with Gasteiger partial charge in [-0.15, -0.1) is 0 Å². The Morgan fingerprint density at radius 2 is 1.85 bits per heavy atom. The summed E-state index contributed by atoms with van der Waals surface area (Å²) in [5, 5.41) is 2.38. The van der Waals surface area contributed by atoms with E-state index in [-0.39, 0.29) is 17.2 Å². The number of fused-ring (bicyclic) bond motifs is 1. The average Bonchev–Trinajstić information content (AvgIpc) is 2.85. The lowest BCUT2D eigenvalue weighted by Gasteiger charge is -2.45. The fraction of sp³-hybridized carbons (Fsp3) is 0.344. The lowest BCUT2D eigenvalue weighted by atomic mass is 9.59. The van der Waals surface area contributed by atoms with Gasteiger partial charge in [0.1, 0.15) is 5.83 Å². The molecule has 1 nitrogen and oxygen atoms in total. The minimum atomic E-state index is -0.443. The number of rotatable bonds is 5. The van der Waals surface area contributed by atoms with Gasteiger partial charge in [-0.3, -0.25) is 4.98 Å². The summed E-state index contributed by atoms with van der Waals surface area (Å²) in [7, 11) is 0. The lowest BCUT2D eigenvalue weighted by molar-refractivity contribution is 0.298. The fourth-order valence-corrected chi connectivity index (χ4v) is 6.13. The first-order valence-corrected chi connectivity index (χ1v) is 12.6. The highest BCUT2D eigenvalue weighted by atomic mass is 19.1. The smallest absolute Gasteiger partial charge is 0.123 e. The summed E-state index contributed by atoms with van der Waals surface area (Å²) < 4.78 is 15.7. The van der Waals surface area contributed by atoms with Crippen LogP contribution in [0.5, 0.6) is 0 Å². The Hall–Kier alpha value is -3.00. The van der Waals surface area contributed by atoms with Crippen LogP contribution in [0.3, 0.4) is 0 Å². The molecule has 0 bridgehead atoms. The van der Waals surface area contributed by atoms with Crippen LogP contribution in [0.1, 0.15) is 65.1 Å². The van der Waals surface area contributed by atoms with E-state index in [4.69, 9.17) is 4.98 Å². The molecule has 2 aromatic carbocycles. The molecule has 0 N–H and O–H groups in total. The first-order chi connectivity index (χ1) is 16.3. The maximum atomic E-state index is 15.7. The molecular formula is C32H34FN. The predicted octanol–water partition coefficient (Wildman–Crippen LogP) is 9.20. The molecule has 2 aliphatic carbocycles. The van der Waals surface area contributed by atoms with Gasteiger partial charge in [-0.25, -0.2) is 4.39 Å². The third-order valence-corrected chi connectivity index (χ3v) is 8.23. The Labute approximate surface area is 203 Å². The number of pyridine rings is 1. The lowest BCUT2D eigenvalue weighted by Crippen LogP contribution is -2.35. The molecule has 0 saturated carbocycles. The van der Waals surface area contributed by atoms with Crippen LogP contribution in [0.4, 0.5) is 4.39 Å². The summed E-state index contributed by atoms with van der Waals surface area (Å²) in [4.78, 5) is 5.10. The molecule has 0 aliphatic heterocycles. The maximum absolute atomic E-state index is 15.7. The Balaban J connectivity index is 1.85. The number of aromatic nitrogens is 1. The van der Waals surface area contributed by atoms with Crippen LogP contribution in [0.15, 0.2) is 84.4 Å². The van der Waals surface area contributed by atoms with E-state index in [1.165, 1.54) is 10.8 Å². The van der Waals surface area contributed by atoms with Gasteiger partial charge in [0.15, 0.2) is 0 Å². The molecule has 34 heavy (non-hydrogen) atoms. The van der Waals surface area contributed by atoms with Crippen LogP contribution >= 0.6 is 0 Å². The van der Waals surface area contributed by atoms with Gasteiger partial charge in [0.25, 0.3) is 0 Å². The number of allylic oxidation sites excluding steroid dienone is 6. The van der Waals surface area contributed by atoms with Crippen molar-refractivity contribution < 1.29 is 4.39 Å². The first-order valence-electron chi connectivity index (χ1n) is 12.6. The second kappa shape index (κ2) is 8.34. The first kappa shape index (κ1) is 22.8. The van der Waals surface area contributed by atoms with Crippen molar-refractivity contribution >= 4 is 16.3 Å². The van der Waals surface area contributed by atoms with E-state index in [0.29, 0.717) is 6.42 Å². The largest absolute Gasteiger partial charge is 0.255 e. The fourth-order valence-electron chi connectivity index (χ4n) is 6.13. The molecule has 2 aliphatic rings. The van der Waals surface area contributed by atoms with Crippen molar-refractivity contribution in [3.05, 3.63) is 95.6 Å². The van der Waals surface area contributed by atoms with Crippen molar-refractivity contribution in [2.75, 3.05) is 0 Å². The molecule has 0 radical (unpaired) electrons. The Morgan fingerprint density at radius 1 is 1.09 bits per heavy atom. The number of hydrogen-bond donors (Lipinski definition) is 0. The standard InChI is InChI=1S/C32H34FN/c1-6-8-19-32(5,7-2)25-17-18-26(33)29-28(25)30-27-22(15-12-16-24(27)31(29,3)4)23(20-34-30)21-13-10-9-11-14-21/h8-16,18-20,25H,6-7,17H2,1-5H3. The quantitative estimate of drug-likeness (QED) is 0.352. The summed E-state index contributed by atoms with van der Waals surface area (Å²) in [5.74, 6) is 0.103. The summed E-state index contributed by atoms with van der Waals surface area (Å²) >= 11 is 0. The van der Waals surface area contributed by atoms with E-state index in [1.807, 2.05) is 18.3 Å². The van der Waals surface area contributed by atoms with Crippen molar-refractivity contribution in [1.82, 2.24) is 4.98 Å². The van der Waals surface area contributed by atoms with Crippen LogP contribution in [0, 0.1) is 11.3 Å². The van der Waals surface area contributed by atoms with Crippen LogP contribution in [-0.2, 0) is 5.41 Å². The van der Waals surface area contributed by atoms with Gasteiger partial charge >= 0.3 is 0 Å². The predicted molar refractivity (Wildman–Crippen MR) is 142 cm³/mol. The molecule has 0 amide bonds. The van der Waals surface area contributed by atoms with E-state index in [0.717, 1.165) is 46.4 Å². The maximum Gasteiger partial charge on any atom is 0.123 e. The minimum absolute atomic E-state index is 0.0672. The summed E-state index contributed by atoms with van der Waals surface area (Å²) in [6.45, 7) is 11.1.